The molecule has 1 aromatic heterocycles. The molecule has 1 N–H and O–H groups in total. The van der Waals surface area contributed by atoms with Gasteiger partial charge in [-0.25, -0.2) is 4.98 Å². The van der Waals surface area contributed by atoms with Gasteiger partial charge in [-0.2, -0.15) is 0 Å². The number of aliphatic imine (C=N–C) groups is 1. The number of benzene rings is 2. The Kier molecular flexibility index (Phi) is 4.61. The van der Waals surface area contributed by atoms with E-state index in [-0.39, 0.29) is 5.75 Å². The van der Waals surface area contributed by atoms with E-state index in [0.717, 1.165) is 29.6 Å². The highest BCUT2D eigenvalue weighted by Gasteiger charge is 2.03. The Hall–Kier alpha value is -2.68. The van der Waals surface area contributed by atoms with Gasteiger partial charge in [0.1, 0.15) is 11.3 Å². The predicted molar refractivity (Wildman–Crippen MR) is 101 cm³/mol. The largest absolute Gasteiger partial charge is 0.506 e. The average Bonchev–Trinajstić information content (AvgIpc) is 2.54. The van der Waals surface area contributed by atoms with Crippen molar-refractivity contribution in [2.75, 3.05) is 0 Å². The molecule has 0 radical (unpaired) electrons. The molecule has 0 fully saturated rings. The molecule has 0 spiro atoms. The van der Waals surface area contributed by atoms with E-state index in [9.17, 15) is 5.11 Å². The maximum absolute atomic E-state index is 9.91. The number of aromatic hydroxyl groups is 1. The third-order valence-electron chi connectivity index (χ3n) is 4.14. The number of aryl methyl sites for hydroxylation is 4. The van der Waals surface area contributed by atoms with Gasteiger partial charge in [0.2, 0.25) is 0 Å². The van der Waals surface area contributed by atoms with Crippen LogP contribution in [0.3, 0.4) is 0 Å². The Labute approximate surface area is 142 Å². The predicted octanol–water partition coefficient (Wildman–Crippen LogP) is 5.20. The van der Waals surface area contributed by atoms with Crippen molar-refractivity contribution in [3.05, 3.63) is 64.8 Å². The number of hydrogen-bond donors (Lipinski definition) is 1. The second-order valence-electron chi connectivity index (χ2n) is 6.25. The number of nitrogens with zero attached hydrogens (tertiary/aromatic N) is 2. The van der Waals surface area contributed by atoms with E-state index < -0.39 is 0 Å². The van der Waals surface area contributed by atoms with Gasteiger partial charge in [0.15, 0.2) is 0 Å². The summed E-state index contributed by atoms with van der Waals surface area (Å²) in [6, 6.07) is 13.8. The molecule has 3 aromatic rings. The minimum atomic E-state index is 0.230. The zero-order chi connectivity index (χ0) is 17.1. The molecule has 0 aliphatic heterocycles. The minimum absolute atomic E-state index is 0.230. The summed E-state index contributed by atoms with van der Waals surface area (Å²) in [6.07, 6.45) is 3.58. The zero-order valence-corrected chi connectivity index (χ0v) is 14.4. The van der Waals surface area contributed by atoms with Crippen LogP contribution in [0.5, 0.6) is 5.75 Å². The summed E-state index contributed by atoms with van der Waals surface area (Å²) in [5.74, 6) is 0.230. The molecule has 3 rings (SSSR count). The van der Waals surface area contributed by atoms with E-state index in [1.807, 2.05) is 30.5 Å². The van der Waals surface area contributed by atoms with Gasteiger partial charge in [-0.3, -0.25) is 4.99 Å². The first kappa shape index (κ1) is 16.2. The molecule has 24 heavy (non-hydrogen) atoms. The quantitative estimate of drug-likeness (QED) is 0.672. The molecule has 0 bridgehead atoms. The summed E-state index contributed by atoms with van der Waals surface area (Å²) in [7, 11) is 0. The van der Waals surface area contributed by atoms with E-state index in [1.54, 1.807) is 6.07 Å². The highest BCUT2D eigenvalue weighted by Crippen LogP contribution is 2.25. The van der Waals surface area contributed by atoms with Gasteiger partial charge in [0.25, 0.3) is 0 Å². The van der Waals surface area contributed by atoms with Gasteiger partial charge in [0, 0.05) is 17.3 Å². The van der Waals surface area contributed by atoms with E-state index in [0.29, 0.717) is 5.52 Å². The first-order chi connectivity index (χ1) is 11.5. The summed E-state index contributed by atoms with van der Waals surface area (Å²) in [5.41, 5.74) is 6.37. The van der Waals surface area contributed by atoms with Gasteiger partial charge < -0.3 is 5.11 Å². The highest BCUT2D eigenvalue weighted by atomic mass is 16.3. The molecule has 1 heterocycles. The van der Waals surface area contributed by atoms with Crippen molar-refractivity contribution in [1.29, 1.82) is 0 Å². The molecule has 0 unspecified atom stereocenters. The minimum Gasteiger partial charge on any atom is -0.506 e. The Morgan fingerprint density at radius 2 is 1.79 bits per heavy atom. The van der Waals surface area contributed by atoms with Crippen LogP contribution in [-0.2, 0) is 6.42 Å². The van der Waals surface area contributed by atoms with E-state index in [2.05, 4.69) is 42.9 Å². The molecule has 0 saturated heterocycles. The summed E-state index contributed by atoms with van der Waals surface area (Å²) >= 11 is 0. The molecular weight excluding hydrogens is 296 g/mol. The number of hydrogen-bond acceptors (Lipinski definition) is 3. The summed E-state index contributed by atoms with van der Waals surface area (Å²) in [4.78, 5) is 9.19. The maximum Gasteiger partial charge on any atom is 0.141 e. The van der Waals surface area contributed by atoms with Crippen LogP contribution in [0.25, 0.3) is 10.9 Å². The SMILES string of the molecule is Cc1cc(C)c(N=CCCc2ccc3cccc(O)c3n2)c(C)c1. The topological polar surface area (TPSA) is 45.5 Å². The van der Waals surface area contributed by atoms with Crippen molar-refractivity contribution in [2.45, 2.75) is 33.6 Å². The van der Waals surface area contributed by atoms with Gasteiger partial charge in [-0.05, 0) is 56.9 Å². The van der Waals surface area contributed by atoms with Crippen LogP contribution in [0.2, 0.25) is 0 Å². The first-order valence-corrected chi connectivity index (χ1v) is 8.22. The lowest BCUT2D eigenvalue weighted by molar-refractivity contribution is 0.480. The third kappa shape index (κ3) is 3.46. The number of pyridine rings is 1. The average molecular weight is 318 g/mol. The molecule has 122 valence electrons. The van der Waals surface area contributed by atoms with Crippen LogP contribution < -0.4 is 0 Å². The molecule has 0 atom stereocenters. The van der Waals surface area contributed by atoms with Crippen molar-refractivity contribution in [1.82, 2.24) is 4.98 Å². The smallest absolute Gasteiger partial charge is 0.141 e. The van der Waals surface area contributed by atoms with Crippen molar-refractivity contribution in [3.8, 4) is 5.75 Å². The number of fused-ring (bicyclic) bond motifs is 1. The third-order valence-corrected chi connectivity index (χ3v) is 4.14. The van der Waals surface area contributed by atoms with Crippen LogP contribution in [0.15, 0.2) is 47.5 Å². The maximum atomic E-state index is 9.91. The van der Waals surface area contributed by atoms with E-state index in [4.69, 9.17) is 0 Å². The van der Waals surface area contributed by atoms with Crippen LogP contribution in [0.4, 0.5) is 5.69 Å². The normalized spacial score (nSPS) is 11.5. The number of phenols is 1. The van der Waals surface area contributed by atoms with E-state index in [1.165, 1.54) is 16.7 Å². The van der Waals surface area contributed by atoms with Gasteiger partial charge in [-0.1, -0.05) is 35.9 Å². The molecule has 0 aliphatic rings. The Morgan fingerprint density at radius 3 is 2.54 bits per heavy atom. The number of rotatable bonds is 4. The number of para-hydroxylation sites is 1. The van der Waals surface area contributed by atoms with Gasteiger partial charge in [-0.15, -0.1) is 0 Å². The van der Waals surface area contributed by atoms with E-state index >= 15 is 0 Å². The number of aromatic nitrogens is 1. The van der Waals surface area contributed by atoms with Crippen molar-refractivity contribution < 1.29 is 5.11 Å². The molecule has 0 aliphatic carbocycles. The lowest BCUT2D eigenvalue weighted by Gasteiger charge is -2.06. The lowest BCUT2D eigenvalue weighted by atomic mass is 10.1. The van der Waals surface area contributed by atoms with Crippen LogP contribution in [0.1, 0.15) is 28.8 Å². The second-order valence-corrected chi connectivity index (χ2v) is 6.25. The monoisotopic (exact) mass is 318 g/mol. The van der Waals surface area contributed by atoms with Gasteiger partial charge in [0.05, 0.1) is 5.69 Å². The van der Waals surface area contributed by atoms with Crippen molar-refractivity contribution in [2.24, 2.45) is 4.99 Å². The molecular formula is C21H22N2O. The Morgan fingerprint density at radius 1 is 1.04 bits per heavy atom. The fourth-order valence-corrected chi connectivity index (χ4v) is 3.06. The second kappa shape index (κ2) is 6.83. The first-order valence-electron chi connectivity index (χ1n) is 8.22. The fraction of sp³-hybridized carbons (Fsp3) is 0.238. The molecule has 2 aromatic carbocycles. The summed E-state index contributed by atoms with van der Waals surface area (Å²) in [5, 5.41) is 10.9. The van der Waals surface area contributed by atoms with Crippen LogP contribution in [-0.4, -0.2) is 16.3 Å². The lowest BCUT2D eigenvalue weighted by Crippen LogP contribution is -1.92. The fourth-order valence-electron chi connectivity index (χ4n) is 3.06. The Balaban J connectivity index is 1.72. The molecule has 0 saturated carbocycles. The highest BCUT2D eigenvalue weighted by molar-refractivity contribution is 5.84. The molecule has 0 amide bonds. The Bertz CT molecular complexity index is 890. The summed E-state index contributed by atoms with van der Waals surface area (Å²) in [6.45, 7) is 6.30. The number of phenolic OH excluding ortho intramolecular Hbond substituents is 1. The standard InChI is InChI=1S/C21H22N2O/c1-14-12-15(2)20(16(3)13-14)22-11-5-7-18-10-9-17-6-4-8-19(24)21(17)23-18/h4,6,8-13,24H,5,7H2,1-3H3. The van der Waals surface area contributed by atoms with Crippen molar-refractivity contribution >= 4 is 22.8 Å². The van der Waals surface area contributed by atoms with Crippen LogP contribution in [0, 0.1) is 20.8 Å². The van der Waals surface area contributed by atoms with Gasteiger partial charge >= 0.3 is 0 Å². The summed E-state index contributed by atoms with van der Waals surface area (Å²) < 4.78 is 0. The molecule has 3 heteroatoms. The molecule has 3 nitrogen and oxygen atoms in total. The van der Waals surface area contributed by atoms with Crippen molar-refractivity contribution in [3.63, 3.8) is 0 Å². The zero-order valence-electron chi connectivity index (χ0n) is 14.4. The van der Waals surface area contributed by atoms with Crippen LogP contribution >= 0.6 is 0 Å².